The van der Waals surface area contributed by atoms with E-state index in [1.54, 1.807) is 0 Å². The summed E-state index contributed by atoms with van der Waals surface area (Å²) in [6.07, 6.45) is 2.84. The molecule has 1 aromatic rings. The molecule has 9 heteroatoms. The van der Waals surface area contributed by atoms with Crippen molar-refractivity contribution in [1.29, 1.82) is 0 Å². The molecule has 2 N–H and O–H groups in total. The maximum Gasteiger partial charge on any atom is 0.325 e. The van der Waals surface area contributed by atoms with E-state index in [1.165, 1.54) is 22.6 Å². The number of nitrogens with zero attached hydrogens (tertiary/aromatic N) is 1. The highest BCUT2D eigenvalue weighted by Crippen LogP contribution is 2.35. The average molecular weight is 463 g/mol. The molecule has 0 radical (unpaired) electrons. The van der Waals surface area contributed by atoms with Crippen molar-refractivity contribution in [3.8, 4) is 0 Å². The monoisotopic (exact) mass is 463 g/mol. The summed E-state index contributed by atoms with van der Waals surface area (Å²) in [5.41, 5.74) is -0.819. The number of halogens is 3. The van der Waals surface area contributed by atoms with Gasteiger partial charge in [-0.2, -0.15) is 0 Å². The lowest BCUT2D eigenvalue weighted by Gasteiger charge is -2.19. The van der Waals surface area contributed by atoms with Crippen LogP contribution in [0.1, 0.15) is 32.1 Å². The fourth-order valence-corrected chi connectivity index (χ4v) is 3.57. The number of rotatable bonds is 4. The van der Waals surface area contributed by atoms with Gasteiger partial charge in [0.1, 0.15) is 17.2 Å². The molecule has 3 rings (SSSR count). The van der Waals surface area contributed by atoms with Crippen molar-refractivity contribution in [2.24, 2.45) is 0 Å². The second-order valence-corrected chi connectivity index (χ2v) is 7.31. The van der Waals surface area contributed by atoms with E-state index >= 15 is 0 Å². The van der Waals surface area contributed by atoms with Crippen molar-refractivity contribution in [1.82, 2.24) is 10.2 Å². The van der Waals surface area contributed by atoms with Gasteiger partial charge in [-0.15, -0.1) is 0 Å². The van der Waals surface area contributed by atoms with Crippen LogP contribution in [0.25, 0.3) is 0 Å². The number of anilines is 1. The zero-order valence-corrected chi connectivity index (χ0v) is 15.4. The van der Waals surface area contributed by atoms with E-state index < -0.39 is 29.1 Å². The van der Waals surface area contributed by atoms with Crippen molar-refractivity contribution in [2.75, 3.05) is 11.9 Å². The summed E-state index contributed by atoms with van der Waals surface area (Å²) >= 11 is 1.53. The molecule has 6 nitrogen and oxygen atoms in total. The number of hydrogen-bond donors (Lipinski definition) is 2. The Bertz CT molecular complexity index is 727. The first-order valence-electron chi connectivity index (χ1n) is 7.91. The maximum atomic E-state index is 13.5. The number of carbonyl (C=O) groups is 3. The Morgan fingerprint density at radius 1 is 1.24 bits per heavy atom. The Kier molecular flexibility index (Phi) is 4.94. The SMILES string of the molecule is O=C(CCN1C(=O)NC2(CCCC2)C1=O)Nc1cc(F)c(I)c(F)c1. The fraction of sp³-hybridized carbons (Fsp3) is 0.438. The third-order valence-electron chi connectivity index (χ3n) is 4.53. The summed E-state index contributed by atoms with van der Waals surface area (Å²) in [5.74, 6) is -2.37. The molecule has 1 saturated carbocycles. The molecular weight excluding hydrogens is 447 g/mol. The molecule has 1 aromatic carbocycles. The number of benzene rings is 1. The number of hydrogen-bond acceptors (Lipinski definition) is 3. The van der Waals surface area contributed by atoms with Gasteiger partial charge in [-0.3, -0.25) is 14.5 Å². The third kappa shape index (κ3) is 3.46. The molecular formula is C16H16F2IN3O3. The number of carbonyl (C=O) groups excluding carboxylic acids is 3. The molecule has 2 aliphatic rings. The number of amides is 4. The zero-order valence-electron chi connectivity index (χ0n) is 13.2. The summed E-state index contributed by atoms with van der Waals surface area (Å²) in [7, 11) is 0. The summed E-state index contributed by atoms with van der Waals surface area (Å²) in [6.45, 7) is -0.0758. The lowest BCUT2D eigenvalue weighted by molar-refractivity contribution is -0.131. The van der Waals surface area contributed by atoms with E-state index in [4.69, 9.17) is 0 Å². The van der Waals surface area contributed by atoms with Gasteiger partial charge in [0, 0.05) is 18.7 Å². The molecule has 25 heavy (non-hydrogen) atoms. The standard InChI is InChI=1S/C16H16F2IN3O3/c17-10-7-9(8-11(18)13(10)19)20-12(23)3-6-22-14(24)16(21-15(22)25)4-1-2-5-16/h7-8H,1-6H2,(H,20,23)(H,21,25). The van der Waals surface area contributed by atoms with Crippen LogP contribution in [0.15, 0.2) is 12.1 Å². The average Bonchev–Trinajstić information content (AvgIpc) is 3.10. The first-order chi connectivity index (χ1) is 11.8. The Morgan fingerprint density at radius 3 is 2.44 bits per heavy atom. The molecule has 1 aliphatic carbocycles. The molecule has 2 fully saturated rings. The van der Waals surface area contributed by atoms with E-state index in [0.29, 0.717) is 12.8 Å². The second-order valence-electron chi connectivity index (χ2n) is 6.23. The topological polar surface area (TPSA) is 78.5 Å². The largest absolute Gasteiger partial charge is 0.326 e. The van der Waals surface area contributed by atoms with Crippen LogP contribution in [0.5, 0.6) is 0 Å². The lowest BCUT2D eigenvalue weighted by Crippen LogP contribution is -2.44. The molecule has 4 amide bonds. The van der Waals surface area contributed by atoms with Gasteiger partial charge in [-0.1, -0.05) is 12.8 Å². The number of urea groups is 1. The van der Waals surface area contributed by atoms with Crippen LogP contribution >= 0.6 is 22.6 Å². The van der Waals surface area contributed by atoms with Crippen LogP contribution in [-0.4, -0.2) is 34.8 Å². The maximum absolute atomic E-state index is 13.5. The highest BCUT2D eigenvalue weighted by Gasteiger charge is 2.52. The summed E-state index contributed by atoms with van der Waals surface area (Å²) in [6, 6.07) is 1.54. The highest BCUT2D eigenvalue weighted by molar-refractivity contribution is 14.1. The van der Waals surface area contributed by atoms with E-state index in [1.807, 2.05) is 0 Å². The molecule has 0 atom stereocenters. The van der Waals surface area contributed by atoms with Crippen molar-refractivity contribution in [3.05, 3.63) is 27.3 Å². The van der Waals surface area contributed by atoms with Crippen LogP contribution in [0.2, 0.25) is 0 Å². The first kappa shape index (κ1) is 18.0. The molecule has 1 heterocycles. The van der Waals surface area contributed by atoms with Gasteiger partial charge in [0.15, 0.2) is 0 Å². The minimum atomic E-state index is -0.810. The third-order valence-corrected chi connectivity index (χ3v) is 5.56. The molecule has 0 bridgehead atoms. The van der Waals surface area contributed by atoms with Crippen molar-refractivity contribution >= 4 is 46.1 Å². The molecule has 0 aromatic heterocycles. The van der Waals surface area contributed by atoms with Crippen molar-refractivity contribution in [2.45, 2.75) is 37.6 Å². The van der Waals surface area contributed by atoms with E-state index in [9.17, 15) is 23.2 Å². The van der Waals surface area contributed by atoms with E-state index in [-0.39, 0.29) is 28.1 Å². The number of nitrogens with one attached hydrogen (secondary N) is 2. The van der Waals surface area contributed by atoms with Gasteiger partial charge in [0.2, 0.25) is 5.91 Å². The van der Waals surface area contributed by atoms with Gasteiger partial charge in [0.05, 0.1) is 3.57 Å². The molecule has 1 saturated heterocycles. The van der Waals surface area contributed by atoms with Crippen LogP contribution in [0.4, 0.5) is 19.3 Å². The Hall–Kier alpha value is -1.78. The van der Waals surface area contributed by atoms with Crippen LogP contribution in [0, 0.1) is 15.2 Å². The first-order valence-corrected chi connectivity index (χ1v) is 8.99. The lowest BCUT2D eigenvalue weighted by atomic mass is 9.98. The Balaban J connectivity index is 1.59. The predicted molar refractivity (Wildman–Crippen MR) is 93.8 cm³/mol. The fourth-order valence-electron chi connectivity index (χ4n) is 3.26. The molecule has 1 spiro atoms. The minimum Gasteiger partial charge on any atom is -0.326 e. The Morgan fingerprint density at radius 2 is 1.84 bits per heavy atom. The van der Waals surface area contributed by atoms with Gasteiger partial charge in [-0.25, -0.2) is 13.6 Å². The smallest absolute Gasteiger partial charge is 0.325 e. The zero-order chi connectivity index (χ0) is 18.2. The molecule has 1 aliphatic heterocycles. The molecule has 134 valence electrons. The summed E-state index contributed by atoms with van der Waals surface area (Å²) in [5, 5.41) is 5.10. The van der Waals surface area contributed by atoms with E-state index in [0.717, 1.165) is 29.9 Å². The van der Waals surface area contributed by atoms with Crippen molar-refractivity contribution in [3.63, 3.8) is 0 Å². The normalized spacial score (nSPS) is 18.8. The van der Waals surface area contributed by atoms with E-state index in [2.05, 4.69) is 10.6 Å². The minimum absolute atomic E-state index is 0.00937. The van der Waals surface area contributed by atoms with Crippen molar-refractivity contribution < 1.29 is 23.2 Å². The van der Waals surface area contributed by atoms with Gasteiger partial charge in [0.25, 0.3) is 5.91 Å². The quantitative estimate of drug-likeness (QED) is 0.410. The second kappa shape index (κ2) is 6.85. The summed E-state index contributed by atoms with van der Waals surface area (Å²) < 4.78 is 26.8. The number of imide groups is 1. The van der Waals surface area contributed by atoms with Gasteiger partial charge >= 0.3 is 6.03 Å². The van der Waals surface area contributed by atoms with Crippen LogP contribution < -0.4 is 10.6 Å². The van der Waals surface area contributed by atoms with Gasteiger partial charge < -0.3 is 10.6 Å². The van der Waals surface area contributed by atoms with Gasteiger partial charge in [-0.05, 0) is 47.6 Å². The van der Waals surface area contributed by atoms with Crippen LogP contribution in [-0.2, 0) is 9.59 Å². The highest BCUT2D eigenvalue weighted by atomic mass is 127. The van der Waals surface area contributed by atoms with Crippen LogP contribution in [0.3, 0.4) is 0 Å². The summed E-state index contributed by atoms with van der Waals surface area (Å²) in [4.78, 5) is 37.5. The molecule has 0 unspecified atom stereocenters. The Labute approximate surface area is 156 Å². The predicted octanol–water partition coefficient (Wildman–Crippen LogP) is 2.76.